The van der Waals surface area contributed by atoms with Crippen molar-refractivity contribution in [3.63, 3.8) is 0 Å². The van der Waals surface area contributed by atoms with Crippen molar-refractivity contribution in [1.29, 1.82) is 0 Å². The normalized spacial score (nSPS) is 10.7. The minimum Gasteiger partial charge on any atom is -0.497 e. The van der Waals surface area contributed by atoms with E-state index in [1.54, 1.807) is 31.4 Å². The number of halogens is 2. The molecule has 0 fully saturated rings. The first-order valence-electron chi connectivity index (χ1n) is 7.12. The fraction of sp³-hybridized carbons (Fsp3) is 0.167. The molecule has 2 rings (SSSR count). The van der Waals surface area contributed by atoms with Crippen LogP contribution in [0.4, 0.5) is 0 Å². The van der Waals surface area contributed by atoms with Crippen LogP contribution < -0.4 is 10.1 Å². The van der Waals surface area contributed by atoms with Gasteiger partial charge in [-0.25, -0.2) is 0 Å². The van der Waals surface area contributed by atoms with Crippen molar-refractivity contribution >= 4 is 35.2 Å². The van der Waals surface area contributed by atoms with Crippen LogP contribution in [0.15, 0.2) is 48.5 Å². The molecule has 0 atom stereocenters. The summed E-state index contributed by atoms with van der Waals surface area (Å²) in [6.45, 7) is 0.559. The summed E-state index contributed by atoms with van der Waals surface area (Å²) in [5.41, 5.74) is 1.89. The average molecular weight is 350 g/mol. The summed E-state index contributed by atoms with van der Waals surface area (Å²) in [4.78, 5) is 11.8. The first-order valence-corrected chi connectivity index (χ1v) is 7.88. The predicted molar refractivity (Wildman–Crippen MR) is 95.2 cm³/mol. The second-order valence-electron chi connectivity index (χ2n) is 4.89. The largest absolute Gasteiger partial charge is 0.497 e. The first kappa shape index (κ1) is 17.4. The van der Waals surface area contributed by atoms with Gasteiger partial charge in [-0.2, -0.15) is 0 Å². The summed E-state index contributed by atoms with van der Waals surface area (Å²) in [7, 11) is 1.63. The number of rotatable bonds is 6. The number of nitrogens with one attached hydrogen (secondary N) is 1. The lowest BCUT2D eigenvalue weighted by Gasteiger charge is -2.04. The Balaban J connectivity index is 1.81. The summed E-state index contributed by atoms with van der Waals surface area (Å²) in [6.07, 6.45) is 3.88. The average Bonchev–Trinajstić information content (AvgIpc) is 2.54. The zero-order valence-corrected chi connectivity index (χ0v) is 14.2. The van der Waals surface area contributed by atoms with Crippen molar-refractivity contribution in [2.75, 3.05) is 13.7 Å². The van der Waals surface area contributed by atoms with Gasteiger partial charge in [0, 0.05) is 22.7 Å². The van der Waals surface area contributed by atoms with Crippen LogP contribution in [0.3, 0.4) is 0 Å². The molecule has 0 saturated carbocycles. The molecule has 1 amide bonds. The van der Waals surface area contributed by atoms with E-state index in [0.717, 1.165) is 23.3 Å². The number of amides is 1. The van der Waals surface area contributed by atoms with Gasteiger partial charge >= 0.3 is 0 Å². The molecule has 0 unspecified atom stereocenters. The van der Waals surface area contributed by atoms with Crippen LogP contribution in [0.1, 0.15) is 11.1 Å². The highest BCUT2D eigenvalue weighted by molar-refractivity contribution is 6.35. The van der Waals surface area contributed by atoms with Crippen molar-refractivity contribution in [1.82, 2.24) is 5.32 Å². The quantitative estimate of drug-likeness (QED) is 0.786. The Labute approximate surface area is 145 Å². The van der Waals surface area contributed by atoms with Crippen molar-refractivity contribution in [3.8, 4) is 5.75 Å². The topological polar surface area (TPSA) is 38.3 Å². The molecule has 0 bridgehead atoms. The van der Waals surface area contributed by atoms with Crippen molar-refractivity contribution in [2.24, 2.45) is 0 Å². The second-order valence-corrected chi connectivity index (χ2v) is 5.73. The van der Waals surface area contributed by atoms with Crippen LogP contribution in [0.5, 0.6) is 5.75 Å². The molecule has 1 N–H and O–H groups in total. The Morgan fingerprint density at radius 1 is 1.17 bits per heavy atom. The lowest BCUT2D eigenvalue weighted by atomic mass is 10.1. The molecule has 0 heterocycles. The van der Waals surface area contributed by atoms with E-state index in [0.29, 0.717) is 16.6 Å². The van der Waals surface area contributed by atoms with E-state index >= 15 is 0 Å². The summed E-state index contributed by atoms with van der Waals surface area (Å²) in [5, 5.41) is 3.91. The minimum absolute atomic E-state index is 0.162. The molecule has 0 aliphatic rings. The van der Waals surface area contributed by atoms with E-state index in [2.05, 4.69) is 5.32 Å². The molecular formula is C18H17Cl2NO2. The number of methoxy groups -OCH3 is 1. The third-order valence-corrected chi connectivity index (χ3v) is 3.81. The van der Waals surface area contributed by atoms with Crippen molar-refractivity contribution in [2.45, 2.75) is 6.42 Å². The summed E-state index contributed by atoms with van der Waals surface area (Å²) in [6, 6.07) is 12.9. The van der Waals surface area contributed by atoms with Crippen LogP contribution in [-0.2, 0) is 11.2 Å². The molecule has 5 heteroatoms. The highest BCUT2D eigenvalue weighted by Crippen LogP contribution is 2.21. The maximum atomic E-state index is 11.8. The monoisotopic (exact) mass is 349 g/mol. The third-order valence-electron chi connectivity index (χ3n) is 3.25. The van der Waals surface area contributed by atoms with Gasteiger partial charge < -0.3 is 10.1 Å². The highest BCUT2D eigenvalue weighted by atomic mass is 35.5. The second kappa shape index (κ2) is 8.61. The molecule has 0 spiro atoms. The van der Waals surface area contributed by atoms with Crippen LogP contribution in [-0.4, -0.2) is 19.6 Å². The van der Waals surface area contributed by atoms with E-state index in [4.69, 9.17) is 27.9 Å². The maximum absolute atomic E-state index is 11.8. The van der Waals surface area contributed by atoms with E-state index in [1.165, 1.54) is 6.08 Å². The summed E-state index contributed by atoms with van der Waals surface area (Å²) >= 11 is 11.9. The SMILES string of the molecule is COc1ccc(CCNC(=O)/C=C/c2ccc(Cl)cc2Cl)cc1. The Hall–Kier alpha value is -1.97. The molecule has 0 aliphatic carbocycles. The molecule has 2 aromatic carbocycles. The first-order chi connectivity index (χ1) is 11.1. The Bertz CT molecular complexity index is 697. The van der Waals surface area contributed by atoms with Crippen LogP contribution >= 0.6 is 23.2 Å². The molecular weight excluding hydrogens is 333 g/mol. The number of carbonyl (C=O) groups is 1. The molecule has 0 radical (unpaired) electrons. The van der Waals surface area contributed by atoms with Crippen molar-refractivity contribution < 1.29 is 9.53 Å². The van der Waals surface area contributed by atoms with E-state index in [-0.39, 0.29) is 5.91 Å². The standard InChI is InChI=1S/C18H17Cl2NO2/c1-23-16-7-2-13(3-8-16)10-11-21-18(22)9-5-14-4-6-15(19)12-17(14)20/h2-9,12H,10-11H2,1H3,(H,21,22)/b9-5+. The van der Waals surface area contributed by atoms with E-state index in [9.17, 15) is 4.79 Å². The number of benzene rings is 2. The molecule has 2 aromatic rings. The van der Waals surface area contributed by atoms with Gasteiger partial charge in [0.05, 0.1) is 7.11 Å². The van der Waals surface area contributed by atoms with Crippen LogP contribution in [0.25, 0.3) is 6.08 Å². The fourth-order valence-electron chi connectivity index (χ4n) is 1.98. The van der Waals surface area contributed by atoms with Gasteiger partial charge in [0.15, 0.2) is 0 Å². The fourth-order valence-corrected chi connectivity index (χ4v) is 2.45. The minimum atomic E-state index is -0.162. The van der Waals surface area contributed by atoms with Crippen LogP contribution in [0.2, 0.25) is 10.0 Å². The van der Waals surface area contributed by atoms with E-state index in [1.807, 2.05) is 24.3 Å². The van der Waals surface area contributed by atoms with Gasteiger partial charge in [0.2, 0.25) is 5.91 Å². The Morgan fingerprint density at radius 3 is 2.57 bits per heavy atom. The van der Waals surface area contributed by atoms with Gasteiger partial charge in [0.25, 0.3) is 0 Å². The zero-order chi connectivity index (χ0) is 16.7. The van der Waals surface area contributed by atoms with E-state index < -0.39 is 0 Å². The molecule has 3 nitrogen and oxygen atoms in total. The Kier molecular flexibility index (Phi) is 6.51. The smallest absolute Gasteiger partial charge is 0.244 e. The Morgan fingerprint density at radius 2 is 1.91 bits per heavy atom. The molecule has 0 aliphatic heterocycles. The number of hydrogen-bond acceptors (Lipinski definition) is 2. The van der Waals surface area contributed by atoms with Gasteiger partial charge in [-0.3, -0.25) is 4.79 Å². The highest BCUT2D eigenvalue weighted by Gasteiger charge is 2.00. The lowest BCUT2D eigenvalue weighted by molar-refractivity contribution is -0.116. The van der Waals surface area contributed by atoms with Crippen molar-refractivity contribution in [3.05, 3.63) is 69.7 Å². The number of ether oxygens (including phenoxy) is 1. The van der Waals surface area contributed by atoms with Gasteiger partial charge in [-0.1, -0.05) is 41.4 Å². The van der Waals surface area contributed by atoms with Gasteiger partial charge in [-0.15, -0.1) is 0 Å². The third kappa shape index (κ3) is 5.62. The number of carbonyl (C=O) groups excluding carboxylic acids is 1. The molecule has 120 valence electrons. The zero-order valence-electron chi connectivity index (χ0n) is 12.7. The summed E-state index contributed by atoms with van der Waals surface area (Å²) < 4.78 is 5.10. The van der Waals surface area contributed by atoms with Gasteiger partial charge in [-0.05, 0) is 47.9 Å². The summed E-state index contributed by atoms with van der Waals surface area (Å²) in [5.74, 6) is 0.657. The molecule has 23 heavy (non-hydrogen) atoms. The maximum Gasteiger partial charge on any atom is 0.244 e. The molecule has 0 saturated heterocycles. The molecule has 0 aromatic heterocycles. The predicted octanol–water partition coefficient (Wildman–Crippen LogP) is 4.37. The lowest BCUT2D eigenvalue weighted by Crippen LogP contribution is -2.23. The number of hydrogen-bond donors (Lipinski definition) is 1. The van der Waals surface area contributed by atoms with Gasteiger partial charge in [0.1, 0.15) is 5.75 Å². The van der Waals surface area contributed by atoms with Crippen LogP contribution in [0, 0.1) is 0 Å².